The minimum Gasteiger partial charge on any atom is -0.494 e. The first-order valence-electron chi connectivity index (χ1n) is 8.64. The molecule has 25 heavy (non-hydrogen) atoms. The molecule has 0 fully saturated rings. The number of benzene rings is 3. The fraction of sp³-hybridized carbons (Fsp3) is 0.174. The van der Waals surface area contributed by atoms with Crippen molar-refractivity contribution < 1.29 is 4.74 Å². The van der Waals surface area contributed by atoms with E-state index >= 15 is 0 Å². The summed E-state index contributed by atoms with van der Waals surface area (Å²) in [5.74, 6) is 1.21. The number of fused-ring (bicyclic) bond motifs is 2. The van der Waals surface area contributed by atoms with Crippen molar-refractivity contribution in [3.05, 3.63) is 72.3 Å². The summed E-state index contributed by atoms with van der Waals surface area (Å²) in [4.78, 5) is 5.02. The van der Waals surface area contributed by atoms with E-state index in [2.05, 4.69) is 68.4 Å². The SMILES string of the molecule is COc1cccc2cc(C(C)C)c(-c3ccc4ccccc4c3)nc12. The first kappa shape index (κ1) is 15.6. The topological polar surface area (TPSA) is 22.1 Å². The van der Waals surface area contributed by atoms with Crippen LogP contribution in [0.1, 0.15) is 25.3 Å². The third-order valence-electron chi connectivity index (χ3n) is 4.70. The molecule has 0 saturated carbocycles. The van der Waals surface area contributed by atoms with E-state index in [-0.39, 0.29) is 0 Å². The molecule has 0 N–H and O–H groups in total. The molecule has 4 aromatic rings. The molecular formula is C23H21NO. The fourth-order valence-electron chi connectivity index (χ4n) is 3.36. The zero-order chi connectivity index (χ0) is 17.4. The number of methoxy groups -OCH3 is 1. The predicted molar refractivity (Wildman–Crippen MR) is 105 cm³/mol. The van der Waals surface area contributed by atoms with Gasteiger partial charge in [-0.05, 0) is 40.5 Å². The Balaban J connectivity index is 2.01. The highest BCUT2D eigenvalue weighted by Crippen LogP contribution is 2.34. The summed E-state index contributed by atoms with van der Waals surface area (Å²) >= 11 is 0. The third kappa shape index (κ3) is 2.74. The zero-order valence-electron chi connectivity index (χ0n) is 14.8. The average molecular weight is 327 g/mol. The van der Waals surface area contributed by atoms with Crippen LogP contribution in [0, 0.1) is 0 Å². The Morgan fingerprint density at radius 1 is 0.800 bits per heavy atom. The highest BCUT2D eigenvalue weighted by molar-refractivity contribution is 5.91. The minimum absolute atomic E-state index is 0.393. The van der Waals surface area contributed by atoms with Gasteiger partial charge in [-0.2, -0.15) is 0 Å². The number of nitrogens with zero attached hydrogens (tertiary/aromatic N) is 1. The summed E-state index contributed by atoms with van der Waals surface area (Å²) in [6, 6.07) is 23.3. The van der Waals surface area contributed by atoms with Crippen LogP contribution in [-0.2, 0) is 0 Å². The quantitative estimate of drug-likeness (QED) is 0.448. The molecule has 2 heteroatoms. The van der Waals surface area contributed by atoms with E-state index in [4.69, 9.17) is 9.72 Å². The molecular weight excluding hydrogens is 306 g/mol. The molecule has 0 aliphatic carbocycles. The number of aromatic nitrogens is 1. The lowest BCUT2D eigenvalue weighted by Gasteiger charge is -2.15. The second-order valence-electron chi connectivity index (χ2n) is 6.67. The third-order valence-corrected chi connectivity index (χ3v) is 4.70. The summed E-state index contributed by atoms with van der Waals surface area (Å²) in [5, 5.41) is 3.60. The molecule has 0 aliphatic rings. The van der Waals surface area contributed by atoms with Gasteiger partial charge < -0.3 is 4.74 Å². The van der Waals surface area contributed by atoms with Crippen LogP contribution in [0.15, 0.2) is 66.7 Å². The van der Waals surface area contributed by atoms with Gasteiger partial charge in [0, 0.05) is 10.9 Å². The molecule has 2 nitrogen and oxygen atoms in total. The predicted octanol–water partition coefficient (Wildman–Crippen LogP) is 6.19. The summed E-state index contributed by atoms with van der Waals surface area (Å²) < 4.78 is 5.53. The molecule has 0 spiro atoms. The van der Waals surface area contributed by atoms with Crippen LogP contribution in [0.25, 0.3) is 32.9 Å². The second kappa shape index (κ2) is 6.21. The molecule has 0 unspecified atom stereocenters. The van der Waals surface area contributed by atoms with Gasteiger partial charge in [0.25, 0.3) is 0 Å². The fourth-order valence-corrected chi connectivity index (χ4v) is 3.36. The molecule has 0 saturated heterocycles. The van der Waals surface area contributed by atoms with E-state index in [0.717, 1.165) is 27.9 Å². The maximum absolute atomic E-state index is 5.53. The first-order chi connectivity index (χ1) is 12.2. The smallest absolute Gasteiger partial charge is 0.145 e. The molecule has 0 amide bonds. The minimum atomic E-state index is 0.393. The Hall–Kier alpha value is -2.87. The summed E-state index contributed by atoms with van der Waals surface area (Å²) in [5.41, 5.74) is 4.36. The summed E-state index contributed by atoms with van der Waals surface area (Å²) in [7, 11) is 1.70. The van der Waals surface area contributed by atoms with E-state index in [9.17, 15) is 0 Å². The van der Waals surface area contributed by atoms with E-state index in [0.29, 0.717) is 5.92 Å². The van der Waals surface area contributed by atoms with Crippen LogP contribution >= 0.6 is 0 Å². The van der Waals surface area contributed by atoms with Gasteiger partial charge in [-0.15, -0.1) is 0 Å². The Morgan fingerprint density at radius 2 is 1.56 bits per heavy atom. The standard InChI is InChI=1S/C23H21NO/c1-15(2)20-14-18-9-6-10-21(25-3)23(18)24-22(20)19-12-11-16-7-4-5-8-17(16)13-19/h4-15H,1-3H3. The monoisotopic (exact) mass is 327 g/mol. The maximum atomic E-state index is 5.53. The van der Waals surface area contributed by atoms with Crippen LogP contribution in [-0.4, -0.2) is 12.1 Å². The molecule has 0 bridgehead atoms. The Morgan fingerprint density at radius 3 is 2.32 bits per heavy atom. The Kier molecular flexibility index (Phi) is 3.89. The van der Waals surface area contributed by atoms with Crippen molar-refractivity contribution in [3.8, 4) is 17.0 Å². The van der Waals surface area contributed by atoms with Crippen molar-refractivity contribution in [2.24, 2.45) is 0 Å². The van der Waals surface area contributed by atoms with Crippen molar-refractivity contribution in [3.63, 3.8) is 0 Å². The number of hydrogen-bond acceptors (Lipinski definition) is 2. The molecule has 0 radical (unpaired) electrons. The second-order valence-corrected chi connectivity index (χ2v) is 6.67. The van der Waals surface area contributed by atoms with Gasteiger partial charge in [-0.3, -0.25) is 0 Å². The number of para-hydroxylation sites is 1. The Bertz CT molecular complexity index is 1070. The molecule has 3 aromatic carbocycles. The molecule has 0 aliphatic heterocycles. The Labute approximate surface area is 148 Å². The lowest BCUT2D eigenvalue weighted by atomic mass is 9.94. The average Bonchev–Trinajstić information content (AvgIpc) is 2.66. The molecule has 4 rings (SSSR count). The van der Waals surface area contributed by atoms with Crippen LogP contribution < -0.4 is 4.74 Å². The van der Waals surface area contributed by atoms with Crippen molar-refractivity contribution in [1.29, 1.82) is 0 Å². The summed E-state index contributed by atoms with van der Waals surface area (Å²) in [6.07, 6.45) is 0. The lowest BCUT2D eigenvalue weighted by Crippen LogP contribution is -1.98. The molecule has 0 atom stereocenters. The lowest BCUT2D eigenvalue weighted by molar-refractivity contribution is 0.419. The van der Waals surface area contributed by atoms with Crippen molar-refractivity contribution >= 4 is 21.7 Å². The molecule has 1 aromatic heterocycles. The highest BCUT2D eigenvalue weighted by Gasteiger charge is 2.14. The molecule has 124 valence electrons. The van der Waals surface area contributed by atoms with Gasteiger partial charge in [-0.1, -0.05) is 62.4 Å². The van der Waals surface area contributed by atoms with Gasteiger partial charge in [-0.25, -0.2) is 4.98 Å². The van der Waals surface area contributed by atoms with Gasteiger partial charge in [0.15, 0.2) is 0 Å². The van der Waals surface area contributed by atoms with Crippen molar-refractivity contribution in [2.75, 3.05) is 7.11 Å². The number of rotatable bonds is 3. The van der Waals surface area contributed by atoms with Crippen LogP contribution in [0.4, 0.5) is 0 Å². The number of pyridine rings is 1. The first-order valence-corrected chi connectivity index (χ1v) is 8.64. The summed E-state index contributed by atoms with van der Waals surface area (Å²) in [6.45, 7) is 4.43. The number of hydrogen-bond donors (Lipinski definition) is 0. The van der Waals surface area contributed by atoms with Gasteiger partial charge in [0.05, 0.1) is 12.8 Å². The van der Waals surface area contributed by atoms with Gasteiger partial charge in [0.2, 0.25) is 0 Å². The van der Waals surface area contributed by atoms with E-state index in [1.807, 2.05) is 12.1 Å². The van der Waals surface area contributed by atoms with Crippen LogP contribution in [0.3, 0.4) is 0 Å². The van der Waals surface area contributed by atoms with Gasteiger partial charge in [0.1, 0.15) is 11.3 Å². The van der Waals surface area contributed by atoms with E-state index < -0.39 is 0 Å². The molecule has 1 heterocycles. The maximum Gasteiger partial charge on any atom is 0.145 e. The van der Waals surface area contributed by atoms with Crippen molar-refractivity contribution in [1.82, 2.24) is 4.98 Å². The van der Waals surface area contributed by atoms with Gasteiger partial charge >= 0.3 is 0 Å². The zero-order valence-corrected chi connectivity index (χ0v) is 14.8. The van der Waals surface area contributed by atoms with Crippen molar-refractivity contribution in [2.45, 2.75) is 19.8 Å². The van der Waals surface area contributed by atoms with E-state index in [1.165, 1.54) is 16.3 Å². The largest absolute Gasteiger partial charge is 0.494 e. The normalized spacial score (nSPS) is 11.4. The number of ether oxygens (including phenoxy) is 1. The van der Waals surface area contributed by atoms with E-state index in [1.54, 1.807) is 7.11 Å². The van der Waals surface area contributed by atoms with Crippen LogP contribution in [0.2, 0.25) is 0 Å². The highest BCUT2D eigenvalue weighted by atomic mass is 16.5. The van der Waals surface area contributed by atoms with Crippen LogP contribution in [0.5, 0.6) is 5.75 Å².